The van der Waals surface area contributed by atoms with Crippen molar-refractivity contribution in [3.8, 4) is 0 Å². The summed E-state index contributed by atoms with van der Waals surface area (Å²) in [6.45, 7) is 1.72. The number of aromatic nitrogens is 3. The van der Waals surface area contributed by atoms with Crippen LogP contribution in [0.2, 0.25) is 0 Å². The molecule has 1 fully saturated rings. The summed E-state index contributed by atoms with van der Waals surface area (Å²) < 4.78 is 0. The number of hydrogen-bond donors (Lipinski definition) is 2. The van der Waals surface area contributed by atoms with E-state index in [9.17, 15) is 4.79 Å². The molecule has 0 aromatic carbocycles. The number of amides is 1. The van der Waals surface area contributed by atoms with Crippen LogP contribution in [0.3, 0.4) is 0 Å². The van der Waals surface area contributed by atoms with Crippen LogP contribution >= 0.6 is 0 Å². The molecular weight excluding hydrogens is 246 g/mol. The van der Waals surface area contributed by atoms with E-state index >= 15 is 0 Å². The van der Waals surface area contributed by atoms with Crippen molar-refractivity contribution in [1.82, 2.24) is 20.3 Å². The third-order valence-electron chi connectivity index (χ3n) is 2.78. The maximum absolute atomic E-state index is 11.6. The summed E-state index contributed by atoms with van der Waals surface area (Å²) in [5.74, 6) is 1.59. The van der Waals surface area contributed by atoms with E-state index in [0.717, 1.165) is 13.0 Å². The molecule has 1 amide bonds. The van der Waals surface area contributed by atoms with E-state index in [4.69, 9.17) is 0 Å². The zero-order valence-corrected chi connectivity index (χ0v) is 11.5. The first-order valence-corrected chi connectivity index (χ1v) is 6.23. The molecule has 0 saturated carbocycles. The van der Waals surface area contributed by atoms with E-state index in [1.165, 1.54) is 0 Å². The first-order chi connectivity index (χ1) is 9.10. The number of carbonyl (C=O) groups excluding carboxylic acids is 1. The summed E-state index contributed by atoms with van der Waals surface area (Å²) in [4.78, 5) is 28.2. The number of anilines is 3. The fourth-order valence-corrected chi connectivity index (χ4v) is 1.78. The van der Waals surface area contributed by atoms with Crippen molar-refractivity contribution >= 4 is 23.8 Å². The maximum Gasteiger partial charge on any atom is 0.239 e. The second kappa shape index (κ2) is 5.68. The van der Waals surface area contributed by atoms with Gasteiger partial charge in [-0.1, -0.05) is 0 Å². The molecule has 2 rings (SSSR count). The van der Waals surface area contributed by atoms with Gasteiger partial charge < -0.3 is 20.4 Å². The van der Waals surface area contributed by atoms with Crippen molar-refractivity contribution < 1.29 is 4.79 Å². The molecule has 1 aliphatic heterocycles. The van der Waals surface area contributed by atoms with E-state index in [-0.39, 0.29) is 12.5 Å². The largest absolute Gasteiger partial charge is 0.357 e. The minimum atomic E-state index is -0.00433. The summed E-state index contributed by atoms with van der Waals surface area (Å²) in [5, 5.41) is 5.74. The third-order valence-corrected chi connectivity index (χ3v) is 2.78. The van der Waals surface area contributed by atoms with Gasteiger partial charge in [0.05, 0.1) is 6.54 Å². The summed E-state index contributed by atoms with van der Waals surface area (Å²) in [5.41, 5.74) is 0. The average Bonchev–Trinajstić information content (AvgIpc) is 2.62. The van der Waals surface area contributed by atoms with Gasteiger partial charge in [0.15, 0.2) is 0 Å². The van der Waals surface area contributed by atoms with E-state index in [1.807, 2.05) is 23.9 Å². The Morgan fingerprint density at radius 1 is 1.32 bits per heavy atom. The van der Waals surface area contributed by atoms with Gasteiger partial charge in [0, 0.05) is 34.2 Å². The first kappa shape index (κ1) is 13.3. The molecule has 2 N–H and O–H groups in total. The number of nitrogens with zero attached hydrogens (tertiary/aromatic N) is 5. The second-order valence-corrected chi connectivity index (χ2v) is 4.53. The molecule has 1 saturated heterocycles. The van der Waals surface area contributed by atoms with Crippen molar-refractivity contribution in [2.75, 3.05) is 55.9 Å². The highest BCUT2D eigenvalue weighted by atomic mass is 16.2. The molecule has 104 valence electrons. The number of hydrogen-bond acceptors (Lipinski definition) is 7. The van der Waals surface area contributed by atoms with E-state index < -0.39 is 0 Å². The summed E-state index contributed by atoms with van der Waals surface area (Å²) in [6.07, 6.45) is 0.879. The molecule has 8 nitrogen and oxygen atoms in total. The third kappa shape index (κ3) is 3.21. The summed E-state index contributed by atoms with van der Waals surface area (Å²) in [6, 6.07) is 0. The van der Waals surface area contributed by atoms with E-state index in [2.05, 4.69) is 25.6 Å². The van der Waals surface area contributed by atoms with Crippen molar-refractivity contribution in [3.63, 3.8) is 0 Å². The van der Waals surface area contributed by atoms with Crippen LogP contribution in [0.4, 0.5) is 17.8 Å². The van der Waals surface area contributed by atoms with Gasteiger partial charge in [0.2, 0.25) is 23.8 Å². The highest BCUT2D eigenvalue weighted by molar-refractivity contribution is 5.81. The summed E-state index contributed by atoms with van der Waals surface area (Å²) >= 11 is 0. The van der Waals surface area contributed by atoms with Crippen molar-refractivity contribution in [3.05, 3.63) is 0 Å². The highest BCUT2D eigenvalue weighted by Gasteiger charge is 2.19. The number of carbonyl (C=O) groups is 1. The second-order valence-electron chi connectivity index (χ2n) is 4.53. The Hall–Kier alpha value is -2.12. The fourth-order valence-electron chi connectivity index (χ4n) is 1.78. The van der Waals surface area contributed by atoms with Crippen molar-refractivity contribution in [2.24, 2.45) is 0 Å². The molecule has 1 aliphatic rings. The molecule has 1 aromatic rings. The van der Waals surface area contributed by atoms with Crippen molar-refractivity contribution in [1.29, 1.82) is 0 Å². The van der Waals surface area contributed by atoms with Crippen molar-refractivity contribution in [2.45, 2.75) is 6.42 Å². The predicted octanol–water partition coefficient (Wildman–Crippen LogP) is -0.694. The quantitative estimate of drug-likeness (QED) is 0.747. The van der Waals surface area contributed by atoms with Crippen LogP contribution in [0.25, 0.3) is 0 Å². The Morgan fingerprint density at radius 2 is 2.11 bits per heavy atom. The molecule has 0 bridgehead atoms. The molecular formula is C11H19N7O. The van der Waals surface area contributed by atoms with Gasteiger partial charge in [-0.2, -0.15) is 15.0 Å². The lowest BCUT2D eigenvalue weighted by Gasteiger charge is -2.21. The Morgan fingerprint density at radius 3 is 2.79 bits per heavy atom. The van der Waals surface area contributed by atoms with Crippen LogP contribution in [0, 0.1) is 0 Å². The number of rotatable bonds is 3. The van der Waals surface area contributed by atoms with Gasteiger partial charge in [-0.25, -0.2) is 0 Å². The molecule has 0 spiro atoms. The standard InChI is InChI=1S/C11H19N7O/c1-12-9-14-10(17(2)3)16-11(15-9)18-6-4-5-13-8(19)7-18/h4-7H2,1-3H3,(H,13,19)(H,12,14,15,16). The molecule has 0 aliphatic carbocycles. The smallest absolute Gasteiger partial charge is 0.239 e. The molecule has 8 heteroatoms. The van der Waals surface area contributed by atoms with Crippen LogP contribution in [0.15, 0.2) is 0 Å². The number of nitrogens with one attached hydrogen (secondary N) is 2. The molecule has 1 aromatic heterocycles. The monoisotopic (exact) mass is 265 g/mol. The molecule has 19 heavy (non-hydrogen) atoms. The molecule has 0 radical (unpaired) electrons. The van der Waals surface area contributed by atoms with Gasteiger partial charge in [0.25, 0.3) is 0 Å². The first-order valence-electron chi connectivity index (χ1n) is 6.23. The van der Waals surface area contributed by atoms with Gasteiger partial charge in [0.1, 0.15) is 0 Å². The highest BCUT2D eigenvalue weighted by Crippen LogP contribution is 2.15. The van der Waals surface area contributed by atoms with Gasteiger partial charge in [-0.3, -0.25) is 4.79 Å². The van der Waals surface area contributed by atoms with Crippen LogP contribution in [0.1, 0.15) is 6.42 Å². The lowest BCUT2D eigenvalue weighted by Crippen LogP contribution is -2.34. The van der Waals surface area contributed by atoms with E-state index in [1.54, 1.807) is 7.05 Å². The van der Waals surface area contributed by atoms with Gasteiger partial charge in [-0.15, -0.1) is 0 Å². The topological polar surface area (TPSA) is 86.3 Å². The Labute approximate surface area is 112 Å². The van der Waals surface area contributed by atoms with Crippen LogP contribution in [0.5, 0.6) is 0 Å². The van der Waals surface area contributed by atoms with Gasteiger partial charge in [-0.05, 0) is 6.42 Å². The lowest BCUT2D eigenvalue weighted by molar-refractivity contribution is -0.119. The minimum absolute atomic E-state index is 0.00433. The summed E-state index contributed by atoms with van der Waals surface area (Å²) in [7, 11) is 5.50. The van der Waals surface area contributed by atoms with E-state index in [0.29, 0.717) is 24.4 Å². The zero-order chi connectivity index (χ0) is 13.8. The normalized spacial score (nSPS) is 15.7. The van der Waals surface area contributed by atoms with Crippen LogP contribution < -0.4 is 20.4 Å². The Kier molecular flexibility index (Phi) is 3.98. The molecule has 2 heterocycles. The average molecular weight is 265 g/mol. The van der Waals surface area contributed by atoms with Gasteiger partial charge >= 0.3 is 0 Å². The minimum Gasteiger partial charge on any atom is -0.357 e. The SMILES string of the molecule is CNc1nc(N(C)C)nc(N2CCCNC(=O)C2)n1. The molecule has 0 unspecified atom stereocenters. The Balaban J connectivity index is 2.31. The Bertz CT molecular complexity index is 462. The van der Waals surface area contributed by atoms with Crippen LogP contribution in [-0.4, -0.2) is 61.6 Å². The lowest BCUT2D eigenvalue weighted by atomic mass is 10.4. The molecule has 0 atom stereocenters. The van der Waals surface area contributed by atoms with Crippen LogP contribution in [-0.2, 0) is 4.79 Å². The predicted molar refractivity (Wildman–Crippen MR) is 73.5 cm³/mol. The zero-order valence-electron chi connectivity index (χ0n) is 11.5. The maximum atomic E-state index is 11.6. The fraction of sp³-hybridized carbons (Fsp3) is 0.636.